The summed E-state index contributed by atoms with van der Waals surface area (Å²) in [5, 5.41) is 18.3. The Morgan fingerprint density at radius 2 is 1.80 bits per heavy atom. The van der Waals surface area contributed by atoms with Gasteiger partial charge in [0.1, 0.15) is 5.60 Å². The molecule has 0 saturated carbocycles. The highest BCUT2D eigenvalue weighted by atomic mass is 16.3. The summed E-state index contributed by atoms with van der Waals surface area (Å²) in [6.45, 7) is 6.62. The van der Waals surface area contributed by atoms with Gasteiger partial charge in [0.05, 0.1) is 6.61 Å². The smallest absolute Gasteiger partial charge is 0.254 e. The van der Waals surface area contributed by atoms with Gasteiger partial charge in [0.25, 0.3) is 5.91 Å². The van der Waals surface area contributed by atoms with Gasteiger partial charge in [-0.15, -0.1) is 0 Å². The van der Waals surface area contributed by atoms with Crippen LogP contribution >= 0.6 is 0 Å². The summed E-state index contributed by atoms with van der Waals surface area (Å²) < 4.78 is 0. The molecule has 0 bridgehead atoms. The van der Waals surface area contributed by atoms with Crippen LogP contribution < -0.4 is 0 Å². The third kappa shape index (κ3) is 3.44. The minimum Gasteiger partial charge on any atom is -0.395 e. The molecule has 0 radical (unpaired) electrons. The van der Waals surface area contributed by atoms with Gasteiger partial charge < -0.3 is 15.1 Å². The van der Waals surface area contributed by atoms with E-state index in [1.165, 1.54) is 13.8 Å². The van der Waals surface area contributed by atoms with Crippen molar-refractivity contribution in [2.75, 3.05) is 39.3 Å². The first-order valence-corrected chi connectivity index (χ1v) is 5.30. The zero-order chi connectivity index (χ0) is 11.5. The molecule has 2 N–H and O–H groups in total. The maximum Gasteiger partial charge on any atom is 0.254 e. The molecule has 15 heavy (non-hydrogen) atoms. The Bertz CT molecular complexity index is 217. The fourth-order valence-corrected chi connectivity index (χ4v) is 1.70. The molecule has 1 heterocycles. The normalized spacial score (nSPS) is 19.3. The Labute approximate surface area is 90.3 Å². The number of β-amino-alcohol motifs (C(OH)–C–C–N with tert-alkyl or cyclic N) is 1. The molecule has 5 nitrogen and oxygen atoms in total. The number of hydrogen-bond acceptors (Lipinski definition) is 4. The highest BCUT2D eigenvalue weighted by Crippen LogP contribution is 2.10. The Hall–Kier alpha value is -0.650. The van der Waals surface area contributed by atoms with E-state index in [1.807, 2.05) is 0 Å². The first-order valence-electron chi connectivity index (χ1n) is 5.30. The molecule has 1 fully saturated rings. The van der Waals surface area contributed by atoms with Gasteiger partial charge in [0, 0.05) is 32.7 Å². The predicted molar refractivity (Wildman–Crippen MR) is 56.4 cm³/mol. The van der Waals surface area contributed by atoms with Crippen molar-refractivity contribution < 1.29 is 15.0 Å². The number of nitrogens with zero attached hydrogens (tertiary/aromatic N) is 2. The largest absolute Gasteiger partial charge is 0.395 e. The van der Waals surface area contributed by atoms with E-state index in [0.29, 0.717) is 19.6 Å². The molecule has 0 aromatic heterocycles. The summed E-state index contributed by atoms with van der Waals surface area (Å²) >= 11 is 0. The van der Waals surface area contributed by atoms with Crippen LogP contribution in [0.1, 0.15) is 13.8 Å². The second-order valence-corrected chi connectivity index (χ2v) is 4.42. The maximum absolute atomic E-state index is 11.7. The number of hydrogen-bond donors (Lipinski definition) is 2. The fourth-order valence-electron chi connectivity index (χ4n) is 1.70. The van der Waals surface area contributed by atoms with Gasteiger partial charge in [-0.05, 0) is 13.8 Å². The van der Waals surface area contributed by atoms with E-state index in [0.717, 1.165) is 13.1 Å². The van der Waals surface area contributed by atoms with E-state index in [4.69, 9.17) is 5.11 Å². The van der Waals surface area contributed by atoms with Crippen LogP contribution in [0, 0.1) is 0 Å². The summed E-state index contributed by atoms with van der Waals surface area (Å²) in [5.41, 5.74) is -1.28. The summed E-state index contributed by atoms with van der Waals surface area (Å²) in [7, 11) is 0. The lowest BCUT2D eigenvalue weighted by Crippen LogP contribution is -2.54. The number of aliphatic hydroxyl groups excluding tert-OH is 1. The van der Waals surface area contributed by atoms with E-state index in [-0.39, 0.29) is 12.5 Å². The van der Waals surface area contributed by atoms with Gasteiger partial charge in [0.15, 0.2) is 0 Å². The lowest BCUT2D eigenvalue weighted by molar-refractivity contribution is -0.149. The van der Waals surface area contributed by atoms with Crippen LogP contribution in [0.4, 0.5) is 0 Å². The minimum absolute atomic E-state index is 0.152. The molecular formula is C10H20N2O3. The quantitative estimate of drug-likeness (QED) is 0.628. The summed E-state index contributed by atoms with van der Waals surface area (Å²) in [4.78, 5) is 15.5. The predicted octanol–water partition coefficient (Wildman–Crippen LogP) is -1.11. The van der Waals surface area contributed by atoms with Crippen LogP contribution in [-0.2, 0) is 4.79 Å². The van der Waals surface area contributed by atoms with Crippen molar-refractivity contribution in [3.63, 3.8) is 0 Å². The molecule has 0 spiro atoms. The van der Waals surface area contributed by atoms with E-state index >= 15 is 0 Å². The van der Waals surface area contributed by atoms with Crippen molar-refractivity contribution in [3.05, 3.63) is 0 Å². The van der Waals surface area contributed by atoms with Crippen molar-refractivity contribution >= 4 is 5.91 Å². The molecule has 1 rings (SSSR count). The number of amides is 1. The topological polar surface area (TPSA) is 64.0 Å². The van der Waals surface area contributed by atoms with Crippen molar-refractivity contribution in [1.29, 1.82) is 0 Å². The molecule has 1 saturated heterocycles. The van der Waals surface area contributed by atoms with Crippen LogP contribution in [0.25, 0.3) is 0 Å². The van der Waals surface area contributed by atoms with E-state index in [2.05, 4.69) is 4.90 Å². The Morgan fingerprint density at radius 3 is 2.20 bits per heavy atom. The van der Waals surface area contributed by atoms with E-state index in [9.17, 15) is 9.90 Å². The minimum atomic E-state index is -1.28. The number of piperazine rings is 1. The van der Waals surface area contributed by atoms with Crippen molar-refractivity contribution in [2.24, 2.45) is 0 Å². The average Bonchev–Trinajstić information content (AvgIpc) is 2.17. The number of carbonyl (C=O) groups is 1. The third-order valence-electron chi connectivity index (χ3n) is 2.60. The summed E-state index contributed by atoms with van der Waals surface area (Å²) in [6, 6.07) is 0. The van der Waals surface area contributed by atoms with Crippen molar-refractivity contribution in [3.8, 4) is 0 Å². The van der Waals surface area contributed by atoms with Crippen LogP contribution in [0.15, 0.2) is 0 Å². The lowest BCUT2D eigenvalue weighted by Gasteiger charge is -2.36. The number of carbonyl (C=O) groups excluding carboxylic acids is 1. The first kappa shape index (κ1) is 12.4. The van der Waals surface area contributed by atoms with Gasteiger partial charge in [-0.1, -0.05) is 0 Å². The SMILES string of the molecule is CC(C)(O)C(=O)N1CCN(CCO)CC1. The molecule has 1 amide bonds. The monoisotopic (exact) mass is 216 g/mol. The molecule has 1 aliphatic rings. The Balaban J connectivity index is 2.41. The van der Waals surface area contributed by atoms with Gasteiger partial charge in [-0.25, -0.2) is 0 Å². The van der Waals surface area contributed by atoms with Gasteiger partial charge in [0.2, 0.25) is 0 Å². The number of rotatable bonds is 3. The molecule has 5 heteroatoms. The second-order valence-electron chi connectivity index (χ2n) is 4.42. The van der Waals surface area contributed by atoms with Crippen molar-refractivity contribution in [2.45, 2.75) is 19.4 Å². The highest BCUT2D eigenvalue weighted by Gasteiger charge is 2.31. The van der Waals surface area contributed by atoms with Crippen molar-refractivity contribution in [1.82, 2.24) is 9.80 Å². The summed E-state index contributed by atoms with van der Waals surface area (Å²) in [5.74, 6) is -0.217. The molecule has 88 valence electrons. The van der Waals surface area contributed by atoms with Gasteiger partial charge >= 0.3 is 0 Å². The molecule has 0 aliphatic carbocycles. The van der Waals surface area contributed by atoms with Gasteiger partial charge in [-0.3, -0.25) is 9.69 Å². The van der Waals surface area contributed by atoms with E-state index in [1.54, 1.807) is 4.90 Å². The highest BCUT2D eigenvalue weighted by molar-refractivity contribution is 5.84. The lowest BCUT2D eigenvalue weighted by atomic mass is 10.1. The molecule has 0 aromatic rings. The maximum atomic E-state index is 11.7. The zero-order valence-corrected chi connectivity index (χ0v) is 9.44. The fraction of sp³-hybridized carbons (Fsp3) is 0.900. The van der Waals surface area contributed by atoms with Crippen LogP contribution in [0.5, 0.6) is 0 Å². The molecule has 0 unspecified atom stereocenters. The molecule has 1 aliphatic heterocycles. The van der Waals surface area contributed by atoms with Crippen LogP contribution in [0.2, 0.25) is 0 Å². The summed E-state index contributed by atoms with van der Waals surface area (Å²) in [6.07, 6.45) is 0. The third-order valence-corrected chi connectivity index (χ3v) is 2.60. The van der Waals surface area contributed by atoms with Crippen LogP contribution in [-0.4, -0.2) is 70.9 Å². The Morgan fingerprint density at radius 1 is 1.27 bits per heavy atom. The zero-order valence-electron chi connectivity index (χ0n) is 9.44. The molecule has 0 atom stereocenters. The standard InChI is InChI=1S/C10H20N2O3/c1-10(2,15)9(14)12-5-3-11(4-6-12)7-8-13/h13,15H,3-8H2,1-2H3. The van der Waals surface area contributed by atoms with E-state index < -0.39 is 5.60 Å². The Kier molecular flexibility index (Phi) is 4.07. The second kappa shape index (κ2) is 4.92. The average molecular weight is 216 g/mol. The van der Waals surface area contributed by atoms with Crippen LogP contribution in [0.3, 0.4) is 0 Å². The molecular weight excluding hydrogens is 196 g/mol. The number of aliphatic hydroxyl groups is 2. The molecule has 0 aromatic carbocycles. The first-order chi connectivity index (χ1) is 6.95. The van der Waals surface area contributed by atoms with Gasteiger partial charge in [-0.2, -0.15) is 0 Å².